The fraction of sp³-hybridized carbons (Fsp3) is 0.409. The maximum atomic E-state index is 12.6. The molecule has 0 unspecified atom stereocenters. The highest BCUT2D eigenvalue weighted by molar-refractivity contribution is 5.78. The zero-order valence-corrected chi connectivity index (χ0v) is 14.4. The second-order valence-corrected chi connectivity index (χ2v) is 7.24. The third kappa shape index (κ3) is 3.77. The van der Waals surface area contributed by atoms with Gasteiger partial charge in [0.2, 0.25) is 5.91 Å². The summed E-state index contributed by atoms with van der Waals surface area (Å²) in [6.45, 7) is 0. The summed E-state index contributed by atoms with van der Waals surface area (Å²) in [7, 11) is 0. The summed E-state index contributed by atoms with van der Waals surface area (Å²) < 4.78 is 6.38. The van der Waals surface area contributed by atoms with Crippen LogP contribution in [-0.2, 0) is 16.0 Å². The number of nitrogens with one attached hydrogen (secondary N) is 1. The van der Waals surface area contributed by atoms with E-state index in [0.717, 1.165) is 24.8 Å². The van der Waals surface area contributed by atoms with Crippen LogP contribution in [0.15, 0.2) is 60.7 Å². The smallest absolute Gasteiger partial charge is 0.224 e. The van der Waals surface area contributed by atoms with Gasteiger partial charge in [0.1, 0.15) is 0 Å². The van der Waals surface area contributed by atoms with Crippen molar-refractivity contribution in [3.8, 4) is 0 Å². The summed E-state index contributed by atoms with van der Waals surface area (Å²) in [5.41, 5.74) is 2.28. The van der Waals surface area contributed by atoms with Crippen LogP contribution < -0.4 is 5.32 Å². The number of ether oxygens (including phenoxy) is 1. The zero-order chi connectivity index (χ0) is 17.1. The van der Waals surface area contributed by atoms with Crippen LogP contribution in [0, 0.1) is 5.92 Å². The predicted octanol–water partition coefficient (Wildman–Crippen LogP) is 4.04. The highest BCUT2D eigenvalue weighted by Crippen LogP contribution is 2.42. The Morgan fingerprint density at radius 1 is 1.00 bits per heavy atom. The number of rotatable bonds is 4. The fourth-order valence-electron chi connectivity index (χ4n) is 4.34. The Bertz CT molecular complexity index is 700. The van der Waals surface area contributed by atoms with Gasteiger partial charge >= 0.3 is 0 Å². The van der Waals surface area contributed by atoms with Gasteiger partial charge in [0, 0.05) is 12.0 Å². The van der Waals surface area contributed by atoms with E-state index >= 15 is 0 Å². The van der Waals surface area contributed by atoms with Crippen molar-refractivity contribution in [3.63, 3.8) is 0 Å². The highest BCUT2D eigenvalue weighted by atomic mass is 16.5. The second-order valence-electron chi connectivity index (χ2n) is 7.24. The summed E-state index contributed by atoms with van der Waals surface area (Å²) in [6.07, 6.45) is 5.14. The largest absolute Gasteiger partial charge is 0.370 e. The number of hydrogen-bond acceptors (Lipinski definition) is 2. The molecule has 1 saturated carbocycles. The topological polar surface area (TPSA) is 38.3 Å². The summed E-state index contributed by atoms with van der Waals surface area (Å²) in [5.74, 6) is 0.579. The molecule has 1 N–H and O–H groups in total. The van der Waals surface area contributed by atoms with Crippen LogP contribution in [0.2, 0.25) is 0 Å². The lowest BCUT2D eigenvalue weighted by Gasteiger charge is -2.39. The molecule has 2 fully saturated rings. The molecule has 0 radical (unpaired) electrons. The first kappa shape index (κ1) is 16.3. The highest BCUT2D eigenvalue weighted by Gasteiger charge is 2.42. The lowest BCUT2D eigenvalue weighted by atomic mass is 9.86. The van der Waals surface area contributed by atoms with Crippen molar-refractivity contribution in [3.05, 3.63) is 71.8 Å². The molecular formula is C22H25NO2. The van der Waals surface area contributed by atoms with Gasteiger partial charge < -0.3 is 10.1 Å². The van der Waals surface area contributed by atoms with Crippen molar-refractivity contribution in [1.29, 1.82) is 0 Å². The van der Waals surface area contributed by atoms with Crippen molar-refractivity contribution in [2.75, 3.05) is 0 Å². The van der Waals surface area contributed by atoms with Gasteiger partial charge in [-0.05, 0) is 30.4 Å². The number of carbonyl (C=O) groups is 1. The van der Waals surface area contributed by atoms with Gasteiger partial charge in [-0.15, -0.1) is 0 Å². The van der Waals surface area contributed by atoms with Crippen LogP contribution >= 0.6 is 0 Å². The summed E-state index contributed by atoms with van der Waals surface area (Å²) in [6, 6.07) is 20.6. The molecule has 2 aromatic rings. The summed E-state index contributed by atoms with van der Waals surface area (Å²) in [5, 5.41) is 3.32. The van der Waals surface area contributed by atoms with E-state index in [4.69, 9.17) is 4.74 Å². The molecule has 1 aliphatic heterocycles. The molecule has 1 saturated heterocycles. The Morgan fingerprint density at radius 2 is 1.72 bits per heavy atom. The maximum absolute atomic E-state index is 12.6. The van der Waals surface area contributed by atoms with Crippen LogP contribution in [0.5, 0.6) is 0 Å². The monoisotopic (exact) mass is 335 g/mol. The molecule has 0 spiro atoms. The summed E-state index contributed by atoms with van der Waals surface area (Å²) in [4.78, 5) is 12.6. The Hall–Kier alpha value is -2.13. The molecule has 2 aliphatic rings. The Morgan fingerprint density at radius 3 is 2.48 bits per heavy atom. The average Bonchev–Trinajstić information content (AvgIpc) is 3.12. The van der Waals surface area contributed by atoms with Gasteiger partial charge in [0.05, 0.1) is 18.6 Å². The van der Waals surface area contributed by atoms with E-state index in [1.54, 1.807) is 0 Å². The van der Waals surface area contributed by atoms with Gasteiger partial charge in [0.15, 0.2) is 0 Å². The number of fused-ring (bicyclic) bond motifs is 1. The van der Waals surface area contributed by atoms with Gasteiger partial charge in [-0.3, -0.25) is 4.79 Å². The SMILES string of the molecule is O=C(Cc1ccccc1)N[C@H]1C[C@@H](c2ccccc2)O[C@H]2CCC[C@H]12. The first-order chi connectivity index (χ1) is 12.3. The molecule has 0 bridgehead atoms. The minimum absolute atomic E-state index is 0.0857. The third-order valence-electron chi connectivity index (χ3n) is 5.55. The number of amides is 1. The van der Waals surface area contributed by atoms with Crippen LogP contribution in [0.25, 0.3) is 0 Å². The van der Waals surface area contributed by atoms with Gasteiger partial charge in [0.25, 0.3) is 0 Å². The number of carbonyl (C=O) groups excluding carboxylic acids is 1. The van der Waals surface area contributed by atoms with E-state index in [9.17, 15) is 4.79 Å². The van der Waals surface area contributed by atoms with E-state index in [1.807, 2.05) is 36.4 Å². The Balaban J connectivity index is 1.46. The molecule has 1 amide bonds. The van der Waals surface area contributed by atoms with E-state index in [0.29, 0.717) is 12.3 Å². The van der Waals surface area contributed by atoms with Gasteiger partial charge in [-0.1, -0.05) is 67.1 Å². The molecule has 0 aromatic heterocycles. The second kappa shape index (κ2) is 7.40. The van der Waals surface area contributed by atoms with Crippen LogP contribution in [0.1, 0.15) is 42.9 Å². The lowest BCUT2D eigenvalue weighted by Crippen LogP contribution is -2.48. The maximum Gasteiger partial charge on any atom is 0.224 e. The van der Waals surface area contributed by atoms with E-state index in [2.05, 4.69) is 29.6 Å². The Kier molecular flexibility index (Phi) is 4.84. The molecule has 4 rings (SSSR count). The normalized spacial score (nSPS) is 28.3. The van der Waals surface area contributed by atoms with E-state index in [1.165, 1.54) is 12.0 Å². The van der Waals surface area contributed by atoms with Crippen molar-refractivity contribution in [2.45, 2.75) is 50.4 Å². The molecular weight excluding hydrogens is 310 g/mol. The lowest BCUT2D eigenvalue weighted by molar-refractivity contribution is -0.126. The molecule has 3 nitrogen and oxygen atoms in total. The summed E-state index contributed by atoms with van der Waals surface area (Å²) >= 11 is 0. The van der Waals surface area contributed by atoms with E-state index in [-0.39, 0.29) is 24.2 Å². The van der Waals surface area contributed by atoms with Crippen molar-refractivity contribution >= 4 is 5.91 Å². The van der Waals surface area contributed by atoms with Crippen LogP contribution in [-0.4, -0.2) is 18.1 Å². The van der Waals surface area contributed by atoms with Gasteiger partial charge in [-0.25, -0.2) is 0 Å². The quantitative estimate of drug-likeness (QED) is 0.915. The van der Waals surface area contributed by atoms with Crippen LogP contribution in [0.3, 0.4) is 0 Å². The van der Waals surface area contributed by atoms with Crippen molar-refractivity contribution < 1.29 is 9.53 Å². The van der Waals surface area contributed by atoms with Crippen LogP contribution in [0.4, 0.5) is 0 Å². The molecule has 25 heavy (non-hydrogen) atoms. The molecule has 2 aromatic carbocycles. The molecule has 1 heterocycles. The first-order valence-corrected chi connectivity index (χ1v) is 9.33. The standard InChI is InChI=1S/C22H25NO2/c24-22(14-16-8-3-1-4-9-16)23-19-15-21(17-10-5-2-6-11-17)25-20-13-7-12-18(19)20/h1-6,8-11,18-21H,7,12-15H2,(H,23,24)/t18-,19+,20+,21+/m1/s1. The third-order valence-corrected chi connectivity index (χ3v) is 5.55. The van der Waals surface area contributed by atoms with Gasteiger partial charge in [-0.2, -0.15) is 0 Å². The minimum atomic E-state index is 0.0857. The molecule has 4 atom stereocenters. The Labute approximate surface area is 149 Å². The van der Waals surface area contributed by atoms with Crippen molar-refractivity contribution in [1.82, 2.24) is 5.32 Å². The molecule has 1 aliphatic carbocycles. The first-order valence-electron chi connectivity index (χ1n) is 9.33. The number of hydrogen-bond donors (Lipinski definition) is 1. The zero-order valence-electron chi connectivity index (χ0n) is 14.4. The minimum Gasteiger partial charge on any atom is -0.370 e. The number of benzene rings is 2. The predicted molar refractivity (Wildman–Crippen MR) is 98.1 cm³/mol. The molecule has 3 heteroatoms. The van der Waals surface area contributed by atoms with E-state index < -0.39 is 0 Å². The average molecular weight is 335 g/mol. The fourth-order valence-corrected chi connectivity index (χ4v) is 4.34. The molecule has 130 valence electrons. The van der Waals surface area contributed by atoms with Crippen molar-refractivity contribution in [2.24, 2.45) is 5.92 Å².